The Balaban J connectivity index is 1.53. The van der Waals surface area contributed by atoms with Crippen LogP contribution < -0.4 is 14.1 Å². The Labute approximate surface area is 237 Å². The van der Waals surface area contributed by atoms with Crippen LogP contribution in [0.3, 0.4) is 0 Å². The second-order valence-corrected chi connectivity index (χ2v) is 12.2. The van der Waals surface area contributed by atoms with Crippen molar-refractivity contribution in [3.05, 3.63) is 133 Å². The summed E-state index contributed by atoms with van der Waals surface area (Å²) in [6, 6.07) is 42.7. The fraction of sp³-hybridized carbons (Fsp3) is 0.0556. The highest BCUT2D eigenvalue weighted by atomic mass is 31.2. The Kier molecular flexibility index (Phi) is 5.43. The largest absolute Gasteiger partial charge is 0.513 e. The van der Waals surface area contributed by atoms with Gasteiger partial charge >= 0.3 is 7.75 Å². The van der Waals surface area contributed by atoms with E-state index in [0.29, 0.717) is 11.5 Å². The van der Waals surface area contributed by atoms with Gasteiger partial charge in [0.2, 0.25) is 0 Å². The van der Waals surface area contributed by atoms with Gasteiger partial charge in [0.05, 0.1) is 0 Å². The maximum absolute atomic E-state index is 15.0. The molecule has 7 aromatic carbocycles. The number of fused-ring (bicyclic) bond motifs is 13. The highest BCUT2D eigenvalue weighted by molar-refractivity contribution is 7.52. The standard InChI is InChI=1S/C36H26NO3P/c1-23(24-13-3-2-4-14-24)37-41(38)39-35-31-21-11-7-17-27(31)25-15-5-9-19-29(25)33(35)34-30-20-10-6-16-26(30)28-18-8-12-22-32(28)36(34)40-41/h2-23H,1H3,(H,37,38)/t23-/m0/s1. The van der Waals surface area contributed by atoms with E-state index in [9.17, 15) is 4.57 Å². The molecule has 0 radical (unpaired) electrons. The van der Waals surface area contributed by atoms with Gasteiger partial charge in [0.25, 0.3) is 0 Å². The third kappa shape index (κ3) is 3.76. The number of rotatable bonds is 3. The van der Waals surface area contributed by atoms with Crippen molar-refractivity contribution in [2.45, 2.75) is 13.0 Å². The predicted molar refractivity (Wildman–Crippen MR) is 169 cm³/mol. The van der Waals surface area contributed by atoms with Crippen LogP contribution in [0.1, 0.15) is 18.5 Å². The molecule has 1 heterocycles. The van der Waals surface area contributed by atoms with Crippen molar-refractivity contribution in [1.29, 1.82) is 0 Å². The second kappa shape index (κ2) is 9.21. The molecule has 5 heteroatoms. The third-order valence-corrected chi connectivity index (χ3v) is 9.64. The van der Waals surface area contributed by atoms with Crippen LogP contribution in [0.25, 0.3) is 54.2 Å². The van der Waals surface area contributed by atoms with E-state index in [1.807, 2.05) is 85.8 Å². The molecule has 0 amide bonds. The lowest BCUT2D eigenvalue weighted by molar-refractivity contribution is 0.371. The second-order valence-electron chi connectivity index (χ2n) is 10.5. The van der Waals surface area contributed by atoms with Gasteiger partial charge in [-0.15, -0.1) is 0 Å². The molecular weight excluding hydrogens is 525 g/mol. The topological polar surface area (TPSA) is 47.6 Å². The van der Waals surface area contributed by atoms with Gasteiger partial charge in [-0.25, -0.2) is 4.57 Å². The van der Waals surface area contributed by atoms with E-state index in [1.54, 1.807) is 0 Å². The number of hydrogen-bond acceptors (Lipinski definition) is 3. The van der Waals surface area contributed by atoms with E-state index >= 15 is 0 Å². The minimum atomic E-state index is -3.96. The zero-order chi connectivity index (χ0) is 27.6. The third-order valence-electron chi connectivity index (χ3n) is 8.09. The summed E-state index contributed by atoms with van der Waals surface area (Å²) < 4.78 is 28.3. The quantitative estimate of drug-likeness (QED) is 0.175. The first-order valence-corrected chi connectivity index (χ1v) is 15.3. The van der Waals surface area contributed by atoms with Crippen LogP contribution in [0.15, 0.2) is 127 Å². The Hall–Kier alpha value is -4.63. The summed E-state index contributed by atoms with van der Waals surface area (Å²) in [5, 5.41) is 11.4. The van der Waals surface area contributed by atoms with Gasteiger partial charge < -0.3 is 9.05 Å². The van der Waals surface area contributed by atoms with Gasteiger partial charge in [-0.2, -0.15) is 5.09 Å². The average molecular weight is 552 g/mol. The van der Waals surface area contributed by atoms with Crippen molar-refractivity contribution in [2.24, 2.45) is 0 Å². The van der Waals surface area contributed by atoms with Crippen LogP contribution >= 0.6 is 7.75 Å². The molecule has 0 saturated heterocycles. The zero-order valence-corrected chi connectivity index (χ0v) is 23.3. The molecule has 0 spiro atoms. The lowest BCUT2D eigenvalue weighted by atomic mass is 9.87. The predicted octanol–water partition coefficient (Wildman–Crippen LogP) is 10.2. The minimum absolute atomic E-state index is 0.287. The molecule has 0 unspecified atom stereocenters. The fourth-order valence-corrected chi connectivity index (χ4v) is 7.90. The summed E-state index contributed by atoms with van der Waals surface area (Å²) in [6.07, 6.45) is 0. The first-order valence-electron chi connectivity index (χ1n) is 13.8. The number of nitrogens with one attached hydrogen (secondary N) is 1. The average Bonchev–Trinajstić information content (AvgIpc) is 3.16. The SMILES string of the molecule is C[C@H](NP1(=O)Oc2c(c3ccccc3c3ccccc23)-c2c(c3ccccc3c3ccccc23)O1)c1ccccc1. The van der Waals surface area contributed by atoms with E-state index in [1.165, 1.54) is 0 Å². The molecule has 0 fully saturated rings. The van der Waals surface area contributed by atoms with Crippen LogP contribution in [0, 0.1) is 0 Å². The molecule has 0 saturated carbocycles. The molecule has 8 rings (SSSR count). The number of hydrogen-bond donors (Lipinski definition) is 1. The molecule has 1 aliphatic rings. The minimum Gasteiger partial charge on any atom is -0.403 e. The lowest BCUT2D eigenvalue weighted by Gasteiger charge is -2.24. The monoisotopic (exact) mass is 551 g/mol. The fourth-order valence-electron chi connectivity index (χ4n) is 6.27. The molecule has 4 nitrogen and oxygen atoms in total. The lowest BCUT2D eigenvalue weighted by Crippen LogP contribution is -2.21. The van der Waals surface area contributed by atoms with E-state index < -0.39 is 7.75 Å². The van der Waals surface area contributed by atoms with E-state index in [2.05, 4.69) is 53.6 Å². The van der Waals surface area contributed by atoms with Crippen molar-refractivity contribution >= 4 is 50.8 Å². The molecule has 0 aliphatic carbocycles. The summed E-state index contributed by atoms with van der Waals surface area (Å²) in [5.74, 6) is 1.13. The molecule has 198 valence electrons. The number of benzene rings is 7. The highest BCUT2D eigenvalue weighted by Gasteiger charge is 2.39. The zero-order valence-electron chi connectivity index (χ0n) is 22.4. The highest BCUT2D eigenvalue weighted by Crippen LogP contribution is 2.61. The van der Waals surface area contributed by atoms with Gasteiger partial charge in [-0.1, -0.05) is 127 Å². The van der Waals surface area contributed by atoms with E-state index in [-0.39, 0.29) is 6.04 Å². The Morgan fingerprint density at radius 1 is 0.488 bits per heavy atom. The van der Waals surface area contributed by atoms with Crippen LogP contribution in [0.4, 0.5) is 0 Å². The normalized spacial score (nSPS) is 14.7. The van der Waals surface area contributed by atoms with E-state index in [4.69, 9.17) is 9.05 Å². The molecule has 7 aromatic rings. The van der Waals surface area contributed by atoms with E-state index in [0.717, 1.165) is 59.8 Å². The summed E-state index contributed by atoms with van der Waals surface area (Å²) in [4.78, 5) is 0. The first kappa shape index (κ1) is 24.2. The molecule has 1 N–H and O–H groups in total. The Morgan fingerprint density at radius 2 is 0.829 bits per heavy atom. The van der Waals surface area contributed by atoms with Gasteiger partial charge in [0.1, 0.15) is 11.5 Å². The summed E-state index contributed by atoms with van der Waals surface area (Å²) >= 11 is 0. The summed E-state index contributed by atoms with van der Waals surface area (Å²) in [7, 11) is -3.96. The van der Waals surface area contributed by atoms with Gasteiger partial charge in [0.15, 0.2) is 0 Å². The molecular formula is C36H26NO3P. The van der Waals surface area contributed by atoms with Crippen LogP contribution in [0.2, 0.25) is 0 Å². The molecule has 41 heavy (non-hydrogen) atoms. The Bertz CT molecular complexity index is 2060. The Morgan fingerprint density at radius 3 is 1.27 bits per heavy atom. The molecule has 1 aliphatic heterocycles. The maximum atomic E-state index is 15.0. The van der Waals surface area contributed by atoms with Crippen molar-refractivity contribution in [3.63, 3.8) is 0 Å². The van der Waals surface area contributed by atoms with Crippen LogP contribution in [-0.2, 0) is 4.57 Å². The van der Waals surface area contributed by atoms with Crippen molar-refractivity contribution < 1.29 is 13.6 Å². The van der Waals surface area contributed by atoms with Gasteiger partial charge in [-0.3, -0.25) is 0 Å². The van der Waals surface area contributed by atoms with Crippen molar-refractivity contribution in [3.8, 4) is 22.6 Å². The summed E-state index contributed by atoms with van der Waals surface area (Å²) in [5.41, 5.74) is 2.78. The van der Waals surface area contributed by atoms with Crippen LogP contribution in [0.5, 0.6) is 11.5 Å². The first-order chi connectivity index (χ1) is 20.1. The van der Waals surface area contributed by atoms with Gasteiger partial charge in [-0.05, 0) is 44.8 Å². The molecule has 0 bridgehead atoms. The molecule has 0 aromatic heterocycles. The van der Waals surface area contributed by atoms with Crippen molar-refractivity contribution in [2.75, 3.05) is 0 Å². The smallest absolute Gasteiger partial charge is 0.403 e. The summed E-state index contributed by atoms with van der Waals surface area (Å²) in [6.45, 7) is 1.98. The van der Waals surface area contributed by atoms with Gasteiger partial charge in [0, 0.05) is 27.9 Å². The molecule has 1 atom stereocenters. The maximum Gasteiger partial charge on any atom is 0.513 e. The van der Waals surface area contributed by atoms with Crippen molar-refractivity contribution in [1.82, 2.24) is 5.09 Å². The van der Waals surface area contributed by atoms with Crippen LogP contribution in [-0.4, -0.2) is 0 Å².